The third kappa shape index (κ3) is 31.9. The van der Waals surface area contributed by atoms with E-state index >= 15 is 0 Å². The first-order valence-corrected chi connectivity index (χ1v) is 32.7. The van der Waals surface area contributed by atoms with Gasteiger partial charge in [-0.15, -0.1) is 0 Å². The number of hydrogen-bond donors (Lipinski definition) is 2. The summed E-state index contributed by atoms with van der Waals surface area (Å²) in [5.41, 5.74) is 9.57. The van der Waals surface area contributed by atoms with Crippen molar-refractivity contribution in [2.45, 2.75) is 89.3 Å². The molecule has 7 aromatic carbocycles. The summed E-state index contributed by atoms with van der Waals surface area (Å²) in [4.78, 5) is 70.9. The van der Waals surface area contributed by atoms with Crippen LogP contribution in [-0.4, -0.2) is 81.6 Å². The number of nitrogens with one attached hydrogen (secondary N) is 1. The minimum absolute atomic E-state index is 0. The van der Waals surface area contributed by atoms with Crippen LogP contribution in [-0.2, 0) is 36.1 Å². The van der Waals surface area contributed by atoms with Crippen LogP contribution in [0.3, 0.4) is 0 Å². The van der Waals surface area contributed by atoms with Gasteiger partial charge in [-0.05, 0) is 207 Å². The number of aliphatic carboxylic acids is 1. The highest BCUT2D eigenvalue weighted by atomic mass is 79.9. The summed E-state index contributed by atoms with van der Waals surface area (Å²) in [5, 5.41) is 25.2. The number of carboxylic acids is 1. The van der Waals surface area contributed by atoms with Gasteiger partial charge in [-0.1, -0.05) is 203 Å². The van der Waals surface area contributed by atoms with Crippen molar-refractivity contribution in [1.82, 2.24) is 14.7 Å². The fourth-order valence-corrected chi connectivity index (χ4v) is 10.8. The number of methoxy groups -OCH3 is 1. The van der Waals surface area contributed by atoms with Crippen molar-refractivity contribution in [2.24, 2.45) is 0 Å². The number of ketones is 2. The third-order valence-electron chi connectivity index (χ3n) is 13.2. The van der Waals surface area contributed by atoms with Crippen LogP contribution in [0.4, 0.5) is 4.70 Å². The molecule has 8 rings (SSSR count). The molecule has 13 nitrogen and oxygen atoms in total. The summed E-state index contributed by atoms with van der Waals surface area (Å²) in [6.07, 6.45) is 7.77. The standard InChI is InChI=1S/C20H22BrN3O2.C12H11BrN2O.C11H11BrO.C10H8BrClO.C10H9BrO2.C8H7BrO.3CH4.FH.H2/c1-20(15-5-4-6-16(21)11-15)12-18(25)23(2)19(22)24(20)13-14-7-9-17(26-3)10-8-14;1-9(6-12(16)15(2)8-14)10-4-3-5-11(13)7-10;1-8(6-9(2)13)10-4-3-5-11(12)7-10;2*1-7(5-10(12)13)8-3-2-4-9(11)6-8;1-6(10)7-3-2-4-8(9)5-7;;;;;/h4-11,22H,12-13H2,1-3H3;3-7H,1-2H3;3-7H,1-2H3;2-6H,1H3;2-6H,1H3,(H,12,13);2-5H,1H3;3*1H4;2*1H/b;9-6+;8-6+;2*7-5+;;;;;;/i;;;;;;;;;;1+1. The zero-order chi connectivity index (χ0) is 68.1. The number of likely N-dealkylation sites (N-methyl/N-ethyl adjacent to an activating group) is 1. The number of carbonyl (C=O) groups is 6. The van der Waals surface area contributed by atoms with Crippen LogP contribution >= 0.6 is 107 Å². The van der Waals surface area contributed by atoms with E-state index in [-0.39, 0.29) is 57.8 Å². The fraction of sp³-hybridized carbons (Fsp3) is 0.216. The molecule has 95 heavy (non-hydrogen) atoms. The second-order valence-electron chi connectivity index (χ2n) is 20.3. The molecule has 0 aliphatic carbocycles. The number of benzene rings is 7. The third-order valence-corrected chi connectivity index (χ3v) is 16.3. The number of halogens is 8. The highest BCUT2D eigenvalue weighted by Gasteiger charge is 2.44. The number of rotatable bonds is 13. The van der Waals surface area contributed by atoms with E-state index in [2.05, 4.69) is 95.6 Å². The molecule has 0 aromatic heterocycles. The molecule has 1 saturated heterocycles. The number of carbonyl (C=O) groups excluding carboxylic acids is 5. The van der Waals surface area contributed by atoms with Gasteiger partial charge < -0.3 is 14.7 Å². The summed E-state index contributed by atoms with van der Waals surface area (Å²) in [6, 6.07) is 53.9. The summed E-state index contributed by atoms with van der Waals surface area (Å²) < 4.78 is 11.0. The van der Waals surface area contributed by atoms with Gasteiger partial charge in [-0.3, -0.25) is 39.0 Å². The number of ether oxygens (including phenoxy) is 1. The average molecular weight is 1710 g/mol. The molecule has 508 valence electrons. The normalized spacial score (nSPS) is 13.1. The first kappa shape index (κ1) is 89.8. The number of nitriles is 1. The van der Waals surface area contributed by atoms with Crippen LogP contribution in [0, 0.1) is 16.9 Å². The van der Waals surface area contributed by atoms with Crippen LogP contribution in [0.1, 0.15) is 122 Å². The maximum atomic E-state index is 12.5. The molecule has 1 aliphatic heterocycles. The molecule has 0 radical (unpaired) electrons. The summed E-state index contributed by atoms with van der Waals surface area (Å²) in [5.74, 6) is -0.108. The van der Waals surface area contributed by atoms with Crippen molar-refractivity contribution >= 4 is 170 Å². The van der Waals surface area contributed by atoms with E-state index in [1.165, 1.54) is 30.2 Å². The Morgan fingerprint density at radius 2 is 0.968 bits per heavy atom. The van der Waals surface area contributed by atoms with E-state index in [9.17, 15) is 28.8 Å². The second-order valence-corrected chi connectivity index (χ2v) is 26.2. The van der Waals surface area contributed by atoms with Gasteiger partial charge in [0.15, 0.2) is 17.8 Å². The molecule has 1 heterocycles. The van der Waals surface area contributed by atoms with E-state index in [0.29, 0.717) is 13.0 Å². The molecule has 1 aliphatic rings. The number of Topliss-reactive ketones (excluding diaryl/α,β-unsaturated/α-hetero) is 1. The molecular formula is C74H83Br6ClFN5O8. The summed E-state index contributed by atoms with van der Waals surface area (Å²) in [6.45, 7) is 13.1. The van der Waals surface area contributed by atoms with Gasteiger partial charge in [-0.25, -0.2) is 9.69 Å². The second kappa shape index (κ2) is 45.3. The zero-order valence-electron chi connectivity index (χ0n) is 52.0. The van der Waals surface area contributed by atoms with Crippen LogP contribution in [0.25, 0.3) is 22.3 Å². The SMILES string of the molecule is C.C.C.C/C(=C\C(=O)Cl)c1cccc(Br)c1.C/C(=C\C(=O)N(C)C#N)c1cccc(Br)c1.C/C(=C\C(=O)O)c1cccc(Br)c1.CC(=O)/C=C(\C)c1cccc(Br)c1.CC(=O)c1cccc(Br)c1.COc1ccc(CN2C(=N)N(C)C(=O)CC2(C)c2cccc(Br)c2)cc1.F.[2HH]. The Bertz CT molecular complexity index is 3750. The number of nitrogens with zero attached hydrogens (tertiary/aromatic N) is 4. The van der Waals surface area contributed by atoms with E-state index in [4.69, 9.17) is 32.1 Å². The number of guanidine groups is 1. The molecule has 0 saturated carbocycles. The Morgan fingerprint density at radius 3 is 1.31 bits per heavy atom. The van der Waals surface area contributed by atoms with Gasteiger partial charge in [0.05, 0.1) is 19.1 Å². The van der Waals surface area contributed by atoms with Gasteiger partial charge in [0.25, 0.3) is 5.91 Å². The Morgan fingerprint density at radius 1 is 0.611 bits per heavy atom. The Labute approximate surface area is 617 Å². The highest BCUT2D eigenvalue weighted by Crippen LogP contribution is 2.39. The van der Waals surface area contributed by atoms with Gasteiger partial charge in [0.2, 0.25) is 17.1 Å². The van der Waals surface area contributed by atoms with Crippen LogP contribution in [0.5, 0.6) is 5.75 Å². The van der Waals surface area contributed by atoms with Crippen molar-refractivity contribution < 1.29 is 44.7 Å². The van der Waals surface area contributed by atoms with Crippen LogP contribution in [0.15, 0.2) is 221 Å². The minimum Gasteiger partial charge on any atom is -0.497 e. The van der Waals surface area contributed by atoms with Crippen LogP contribution in [0.2, 0.25) is 0 Å². The Kier molecular flexibility index (Phi) is 42.8. The maximum Gasteiger partial charge on any atom is 0.328 e. The van der Waals surface area contributed by atoms with E-state index in [1.54, 1.807) is 53.3 Å². The number of carboxylic acid groups (broad SMARTS) is 1. The molecule has 21 heteroatoms. The summed E-state index contributed by atoms with van der Waals surface area (Å²) >= 11 is 25.5. The van der Waals surface area contributed by atoms with Gasteiger partial charge in [-0.2, -0.15) is 5.26 Å². The minimum atomic E-state index is -0.919. The highest BCUT2D eigenvalue weighted by molar-refractivity contribution is 9.11. The Hall–Kier alpha value is -7.22. The van der Waals surface area contributed by atoms with Crippen molar-refractivity contribution in [2.75, 3.05) is 21.2 Å². The average Bonchev–Trinajstić information content (AvgIpc) is 0.755. The number of amides is 2. The zero-order valence-corrected chi connectivity index (χ0v) is 62.3. The van der Waals surface area contributed by atoms with E-state index in [0.717, 1.165) is 98.7 Å². The van der Waals surface area contributed by atoms with Gasteiger partial charge in [0, 0.05) is 72.7 Å². The molecule has 2 amide bonds. The molecule has 0 spiro atoms. The lowest BCUT2D eigenvalue weighted by atomic mass is 9.84. The first-order valence-electron chi connectivity index (χ1n) is 27.5. The predicted octanol–water partition coefficient (Wildman–Crippen LogP) is 21.7. The predicted molar refractivity (Wildman–Crippen MR) is 413 cm³/mol. The topological polar surface area (TPSA) is 189 Å². The van der Waals surface area contributed by atoms with Gasteiger partial charge >= 0.3 is 5.97 Å². The lowest BCUT2D eigenvalue weighted by molar-refractivity contribution is -0.133. The molecule has 1 fully saturated rings. The number of hydrogen-bond acceptors (Lipinski definition) is 9. The lowest BCUT2D eigenvalue weighted by Gasteiger charge is -2.49. The smallest absolute Gasteiger partial charge is 0.328 e. The quantitative estimate of drug-likeness (QED) is 0.0369. The first-order chi connectivity index (χ1) is 42.9. The molecule has 1 atom stereocenters. The summed E-state index contributed by atoms with van der Waals surface area (Å²) in [7, 11) is 4.74. The molecule has 7 aromatic rings. The molecule has 0 bridgehead atoms. The molecular weight excluding hydrogens is 1620 g/mol. The van der Waals surface area contributed by atoms with Gasteiger partial charge in [0.1, 0.15) is 5.75 Å². The van der Waals surface area contributed by atoms with Crippen molar-refractivity contribution in [1.29, 1.82) is 10.7 Å². The lowest BCUT2D eigenvalue weighted by Crippen LogP contribution is -2.59. The van der Waals surface area contributed by atoms with Crippen LogP contribution < -0.4 is 4.74 Å². The van der Waals surface area contributed by atoms with Crippen molar-refractivity contribution in [3.8, 4) is 11.9 Å². The van der Waals surface area contributed by atoms with E-state index in [1.807, 2.05) is 196 Å². The molecule has 1 unspecified atom stereocenters. The van der Waals surface area contributed by atoms with Crippen molar-refractivity contribution in [3.05, 3.63) is 260 Å². The Balaban J connectivity index is -0.00000110. The monoisotopic (exact) mass is 1700 g/mol. The largest absolute Gasteiger partial charge is 0.497 e. The fourth-order valence-electron chi connectivity index (χ4n) is 8.25. The number of allylic oxidation sites excluding steroid dienone is 6. The van der Waals surface area contributed by atoms with E-state index < -0.39 is 16.8 Å². The molecule has 2 N–H and O–H groups in total. The van der Waals surface area contributed by atoms with Crippen molar-refractivity contribution in [3.63, 3.8) is 0 Å². The maximum absolute atomic E-state index is 12.5.